The minimum Gasteiger partial charge on any atom is -0.490 e. The second-order valence-electron chi connectivity index (χ2n) is 4.06. The van der Waals surface area contributed by atoms with E-state index in [0.717, 1.165) is 4.90 Å². The second kappa shape index (κ2) is 6.01. The number of nitrogens with one attached hydrogen (secondary N) is 1. The van der Waals surface area contributed by atoms with Gasteiger partial charge in [0, 0.05) is 6.54 Å². The molecular weight excluding hydrogens is 260 g/mol. The van der Waals surface area contributed by atoms with Crippen LogP contribution in [0.25, 0.3) is 0 Å². The molecule has 0 aromatic heterocycles. The van der Waals surface area contributed by atoms with Crippen LogP contribution in [0.1, 0.15) is 6.92 Å². The van der Waals surface area contributed by atoms with Crippen molar-refractivity contribution in [3.05, 3.63) is 47.8 Å². The summed E-state index contributed by atoms with van der Waals surface area (Å²) in [7, 11) is 0. The van der Waals surface area contributed by atoms with Gasteiger partial charge in [0.15, 0.2) is 0 Å². The number of urea groups is 1. The van der Waals surface area contributed by atoms with Crippen molar-refractivity contribution in [2.75, 3.05) is 13.2 Å². The molecule has 104 valence electrons. The Balaban J connectivity index is 2.15. The van der Waals surface area contributed by atoms with Gasteiger partial charge in [-0.05, 0) is 31.2 Å². The predicted molar refractivity (Wildman–Crippen MR) is 71.3 cm³/mol. The first kappa shape index (κ1) is 13.8. The SMILES string of the molecule is CCN1C(=O)NC(=O)/C(=C\C=C\C2=CC=CCO2)C1=O. The van der Waals surface area contributed by atoms with E-state index in [9.17, 15) is 14.4 Å². The van der Waals surface area contributed by atoms with Crippen LogP contribution in [0.15, 0.2) is 47.8 Å². The van der Waals surface area contributed by atoms with Crippen LogP contribution in [0.5, 0.6) is 0 Å². The summed E-state index contributed by atoms with van der Waals surface area (Å²) in [5, 5.41) is 2.12. The van der Waals surface area contributed by atoms with Gasteiger partial charge in [-0.3, -0.25) is 19.8 Å². The number of rotatable bonds is 3. The van der Waals surface area contributed by atoms with E-state index < -0.39 is 17.8 Å². The molecule has 6 heteroatoms. The molecule has 2 aliphatic rings. The number of carbonyl (C=O) groups excluding carboxylic acids is 3. The Hall–Kier alpha value is -2.63. The molecule has 0 bridgehead atoms. The van der Waals surface area contributed by atoms with Gasteiger partial charge in [0.05, 0.1) is 0 Å². The van der Waals surface area contributed by atoms with Gasteiger partial charge in [-0.1, -0.05) is 12.2 Å². The van der Waals surface area contributed by atoms with Gasteiger partial charge in [0.2, 0.25) is 0 Å². The maximum Gasteiger partial charge on any atom is 0.331 e. The molecular formula is C14H14N2O4. The van der Waals surface area contributed by atoms with Gasteiger partial charge in [-0.2, -0.15) is 0 Å². The first-order chi connectivity index (χ1) is 9.63. The Morgan fingerprint density at radius 3 is 2.85 bits per heavy atom. The summed E-state index contributed by atoms with van der Waals surface area (Å²) < 4.78 is 5.29. The Morgan fingerprint density at radius 1 is 1.40 bits per heavy atom. The van der Waals surface area contributed by atoms with Crippen LogP contribution in [0.2, 0.25) is 0 Å². The minimum atomic E-state index is -0.688. The molecule has 1 saturated heterocycles. The lowest BCUT2D eigenvalue weighted by Gasteiger charge is -2.24. The number of hydrogen-bond donors (Lipinski definition) is 1. The lowest BCUT2D eigenvalue weighted by Crippen LogP contribution is -2.53. The third-order valence-electron chi connectivity index (χ3n) is 2.77. The first-order valence-corrected chi connectivity index (χ1v) is 6.18. The van der Waals surface area contributed by atoms with Gasteiger partial charge < -0.3 is 4.74 Å². The molecule has 2 aliphatic heterocycles. The molecule has 2 heterocycles. The average Bonchev–Trinajstić information content (AvgIpc) is 2.44. The zero-order chi connectivity index (χ0) is 14.5. The molecule has 1 N–H and O–H groups in total. The van der Waals surface area contributed by atoms with Crippen LogP contribution < -0.4 is 5.32 Å². The first-order valence-electron chi connectivity index (χ1n) is 6.18. The lowest BCUT2D eigenvalue weighted by atomic mass is 10.1. The molecule has 2 rings (SSSR count). The normalized spacial score (nSPS) is 21.2. The lowest BCUT2D eigenvalue weighted by molar-refractivity contribution is -0.130. The number of likely N-dealkylation sites (N-methyl/N-ethyl adjacent to an activating group) is 1. The van der Waals surface area contributed by atoms with E-state index >= 15 is 0 Å². The largest absolute Gasteiger partial charge is 0.490 e. The summed E-state index contributed by atoms with van der Waals surface area (Å²) >= 11 is 0. The number of hydrogen-bond acceptors (Lipinski definition) is 4. The number of ether oxygens (including phenoxy) is 1. The molecule has 4 amide bonds. The van der Waals surface area contributed by atoms with Crippen molar-refractivity contribution >= 4 is 17.8 Å². The van der Waals surface area contributed by atoms with Crippen molar-refractivity contribution in [2.24, 2.45) is 0 Å². The molecule has 20 heavy (non-hydrogen) atoms. The fourth-order valence-corrected chi connectivity index (χ4v) is 1.75. The standard InChI is InChI=1S/C14H14N2O4/c1-2-16-13(18)11(12(17)15-14(16)19)8-5-7-10-6-3-4-9-20-10/h3-8H,2,9H2,1H3,(H,15,17,19)/b7-5+,11-8+. The Labute approximate surface area is 116 Å². The summed E-state index contributed by atoms with van der Waals surface area (Å²) in [6.07, 6.45) is 10.0. The molecule has 6 nitrogen and oxygen atoms in total. The Kier molecular flexibility index (Phi) is 4.14. The highest BCUT2D eigenvalue weighted by atomic mass is 16.5. The van der Waals surface area contributed by atoms with Crippen molar-refractivity contribution in [2.45, 2.75) is 6.92 Å². The molecule has 0 aromatic rings. The van der Waals surface area contributed by atoms with E-state index in [0.29, 0.717) is 12.4 Å². The monoisotopic (exact) mass is 274 g/mol. The van der Waals surface area contributed by atoms with Gasteiger partial charge in [-0.25, -0.2) is 4.79 Å². The highest BCUT2D eigenvalue weighted by Gasteiger charge is 2.34. The van der Waals surface area contributed by atoms with Crippen LogP contribution in [-0.4, -0.2) is 35.9 Å². The molecule has 0 saturated carbocycles. The number of carbonyl (C=O) groups is 3. The zero-order valence-electron chi connectivity index (χ0n) is 11.0. The van der Waals surface area contributed by atoms with Crippen molar-refractivity contribution in [1.82, 2.24) is 10.2 Å². The zero-order valence-corrected chi connectivity index (χ0v) is 11.0. The van der Waals surface area contributed by atoms with E-state index in [2.05, 4.69) is 5.32 Å². The quantitative estimate of drug-likeness (QED) is 0.616. The number of barbiturate groups is 1. The highest BCUT2D eigenvalue weighted by molar-refractivity contribution is 6.28. The van der Waals surface area contributed by atoms with Crippen molar-refractivity contribution in [3.63, 3.8) is 0 Å². The van der Waals surface area contributed by atoms with Crippen LogP contribution in [0, 0.1) is 0 Å². The van der Waals surface area contributed by atoms with Crippen molar-refractivity contribution in [3.8, 4) is 0 Å². The topological polar surface area (TPSA) is 75.7 Å². The van der Waals surface area contributed by atoms with Crippen LogP contribution in [-0.2, 0) is 14.3 Å². The fraction of sp³-hybridized carbons (Fsp3) is 0.214. The second-order valence-corrected chi connectivity index (χ2v) is 4.06. The molecule has 0 aromatic carbocycles. The van der Waals surface area contributed by atoms with Crippen molar-refractivity contribution < 1.29 is 19.1 Å². The number of allylic oxidation sites excluding steroid dienone is 5. The summed E-state index contributed by atoms with van der Waals surface area (Å²) in [5.41, 5.74) is -0.0744. The summed E-state index contributed by atoms with van der Waals surface area (Å²) in [4.78, 5) is 35.9. The molecule has 0 unspecified atom stereocenters. The number of amides is 4. The highest BCUT2D eigenvalue weighted by Crippen LogP contribution is 2.11. The summed E-state index contributed by atoms with van der Waals surface area (Å²) in [6.45, 7) is 2.36. The van der Waals surface area contributed by atoms with Crippen LogP contribution in [0.3, 0.4) is 0 Å². The van der Waals surface area contributed by atoms with Crippen molar-refractivity contribution in [1.29, 1.82) is 0 Å². The Bertz CT molecular complexity index is 570. The molecule has 0 aliphatic carbocycles. The van der Waals surface area contributed by atoms with E-state index in [4.69, 9.17) is 4.74 Å². The molecule has 0 radical (unpaired) electrons. The van der Waals surface area contributed by atoms with Crippen LogP contribution in [0.4, 0.5) is 4.79 Å². The average molecular weight is 274 g/mol. The van der Waals surface area contributed by atoms with E-state index in [-0.39, 0.29) is 12.1 Å². The molecule has 0 spiro atoms. The van der Waals surface area contributed by atoms with E-state index in [1.54, 1.807) is 25.2 Å². The molecule has 0 atom stereocenters. The Morgan fingerprint density at radius 2 is 2.20 bits per heavy atom. The minimum absolute atomic E-state index is 0.0744. The van der Waals surface area contributed by atoms with Gasteiger partial charge in [0.25, 0.3) is 11.8 Å². The van der Waals surface area contributed by atoms with E-state index in [1.807, 2.05) is 12.2 Å². The predicted octanol–water partition coefficient (Wildman–Crippen LogP) is 1.04. The number of nitrogens with zero attached hydrogens (tertiary/aromatic N) is 1. The maximum absolute atomic E-state index is 11.9. The van der Waals surface area contributed by atoms with E-state index in [1.165, 1.54) is 6.08 Å². The molecule has 1 fully saturated rings. The van der Waals surface area contributed by atoms with Crippen LogP contribution >= 0.6 is 0 Å². The maximum atomic E-state index is 11.9. The summed E-state index contributed by atoms with van der Waals surface area (Å²) in [5.74, 6) is -0.645. The van der Waals surface area contributed by atoms with Gasteiger partial charge in [0.1, 0.15) is 17.9 Å². The summed E-state index contributed by atoms with van der Waals surface area (Å²) in [6, 6.07) is -0.688. The number of imide groups is 2. The smallest absolute Gasteiger partial charge is 0.331 e. The third kappa shape index (κ3) is 2.85. The van der Waals surface area contributed by atoms with Gasteiger partial charge in [-0.15, -0.1) is 0 Å². The third-order valence-corrected chi connectivity index (χ3v) is 2.77. The van der Waals surface area contributed by atoms with Gasteiger partial charge >= 0.3 is 6.03 Å². The fourth-order valence-electron chi connectivity index (χ4n) is 1.75.